The zero-order valence-corrected chi connectivity index (χ0v) is 9.63. The van der Waals surface area contributed by atoms with Crippen LogP contribution in [0.2, 0.25) is 5.02 Å². The van der Waals surface area contributed by atoms with E-state index in [1.807, 2.05) is 18.2 Å². The lowest BCUT2D eigenvalue weighted by molar-refractivity contribution is 0.0235. The lowest BCUT2D eigenvalue weighted by atomic mass is 9.99. The Bertz CT molecular complexity index is 524. The van der Waals surface area contributed by atoms with Crippen LogP contribution >= 0.6 is 11.6 Å². The summed E-state index contributed by atoms with van der Waals surface area (Å²) in [7, 11) is 0. The normalized spacial score (nSPS) is 19.4. The predicted molar refractivity (Wildman–Crippen MR) is 63.6 cm³/mol. The van der Waals surface area contributed by atoms with Crippen molar-refractivity contribution >= 4 is 22.6 Å². The number of fused-ring (bicyclic) bond motifs is 1. The van der Waals surface area contributed by atoms with Gasteiger partial charge in [-0.25, -0.2) is 0 Å². The van der Waals surface area contributed by atoms with E-state index < -0.39 is 5.60 Å². The minimum Gasteiger partial charge on any atom is -0.458 e. The molecule has 0 amide bonds. The van der Waals surface area contributed by atoms with Gasteiger partial charge in [-0.05, 0) is 49.9 Å². The smallest absolute Gasteiger partial charge is 0.136 e. The summed E-state index contributed by atoms with van der Waals surface area (Å²) in [6.07, 6.45) is 3.71. The van der Waals surface area contributed by atoms with Crippen LogP contribution in [-0.2, 0) is 5.60 Å². The molecule has 0 spiro atoms. The van der Waals surface area contributed by atoms with E-state index in [1.165, 1.54) is 0 Å². The first kappa shape index (κ1) is 10.2. The molecule has 0 unspecified atom stereocenters. The molecule has 2 nitrogen and oxygen atoms in total. The molecule has 3 heteroatoms. The van der Waals surface area contributed by atoms with E-state index in [-0.39, 0.29) is 0 Å². The number of benzene rings is 1. The quantitative estimate of drug-likeness (QED) is 0.816. The maximum Gasteiger partial charge on any atom is 0.136 e. The second-order valence-corrected chi connectivity index (χ2v) is 4.97. The zero-order valence-electron chi connectivity index (χ0n) is 8.87. The molecule has 1 heterocycles. The van der Waals surface area contributed by atoms with Gasteiger partial charge < -0.3 is 9.52 Å². The van der Waals surface area contributed by atoms with Gasteiger partial charge in [-0.3, -0.25) is 0 Å². The van der Waals surface area contributed by atoms with E-state index in [9.17, 15) is 5.11 Å². The van der Waals surface area contributed by atoms with Crippen LogP contribution < -0.4 is 0 Å². The second-order valence-electron chi connectivity index (χ2n) is 4.53. The molecule has 1 aliphatic rings. The van der Waals surface area contributed by atoms with Gasteiger partial charge in [-0.1, -0.05) is 11.6 Å². The highest BCUT2D eigenvalue weighted by molar-refractivity contribution is 6.31. The van der Waals surface area contributed by atoms with Crippen LogP contribution in [0, 0.1) is 0 Å². The van der Waals surface area contributed by atoms with Gasteiger partial charge in [0.25, 0.3) is 0 Å². The van der Waals surface area contributed by atoms with Crippen LogP contribution in [-0.4, -0.2) is 5.11 Å². The Balaban J connectivity index is 2.11. The molecular formula is C13H13ClO2. The van der Waals surface area contributed by atoms with E-state index in [1.54, 1.807) is 6.07 Å². The number of aliphatic hydroxyl groups is 1. The van der Waals surface area contributed by atoms with Gasteiger partial charge in [0.05, 0.1) is 0 Å². The highest BCUT2D eigenvalue weighted by Gasteiger charge is 2.36. The van der Waals surface area contributed by atoms with E-state index in [0.717, 1.165) is 36.7 Å². The molecule has 1 N–H and O–H groups in total. The van der Waals surface area contributed by atoms with Crippen LogP contribution in [0.4, 0.5) is 0 Å². The summed E-state index contributed by atoms with van der Waals surface area (Å²) in [6, 6.07) is 7.42. The first-order valence-electron chi connectivity index (χ1n) is 5.59. The summed E-state index contributed by atoms with van der Waals surface area (Å²) in [5.74, 6) is 0.683. The highest BCUT2D eigenvalue weighted by atomic mass is 35.5. The zero-order chi connectivity index (χ0) is 11.2. The molecule has 16 heavy (non-hydrogen) atoms. The number of hydrogen-bond donors (Lipinski definition) is 1. The Morgan fingerprint density at radius 3 is 2.69 bits per heavy atom. The Hall–Kier alpha value is -0.990. The molecule has 0 saturated heterocycles. The van der Waals surface area contributed by atoms with Crippen molar-refractivity contribution < 1.29 is 9.52 Å². The van der Waals surface area contributed by atoms with Crippen LogP contribution in [0.15, 0.2) is 28.7 Å². The van der Waals surface area contributed by atoms with Gasteiger partial charge in [-0.15, -0.1) is 0 Å². The van der Waals surface area contributed by atoms with E-state index in [0.29, 0.717) is 10.8 Å². The van der Waals surface area contributed by atoms with Gasteiger partial charge in [0.15, 0.2) is 0 Å². The second kappa shape index (κ2) is 3.51. The summed E-state index contributed by atoms with van der Waals surface area (Å²) in [5, 5.41) is 12.1. The van der Waals surface area contributed by atoms with Gasteiger partial charge in [-0.2, -0.15) is 0 Å². The monoisotopic (exact) mass is 236 g/mol. The topological polar surface area (TPSA) is 33.4 Å². The molecule has 0 bridgehead atoms. The largest absolute Gasteiger partial charge is 0.458 e. The Morgan fingerprint density at radius 2 is 1.94 bits per heavy atom. The third-order valence-electron chi connectivity index (χ3n) is 3.37. The van der Waals surface area contributed by atoms with E-state index >= 15 is 0 Å². The Kier molecular flexibility index (Phi) is 2.23. The van der Waals surface area contributed by atoms with Crippen molar-refractivity contribution in [3.05, 3.63) is 35.0 Å². The van der Waals surface area contributed by atoms with Gasteiger partial charge in [0.1, 0.15) is 16.9 Å². The summed E-state index contributed by atoms with van der Waals surface area (Å²) in [6.45, 7) is 0. The molecule has 1 aliphatic carbocycles. The molecule has 3 rings (SSSR count). The third-order valence-corrected chi connectivity index (χ3v) is 3.60. The predicted octanol–water partition coefficient (Wildman–Crippen LogP) is 3.85. The van der Waals surface area contributed by atoms with Crippen molar-refractivity contribution in [2.24, 2.45) is 0 Å². The van der Waals surface area contributed by atoms with E-state index in [4.69, 9.17) is 16.0 Å². The molecule has 1 aromatic carbocycles. The first-order valence-corrected chi connectivity index (χ1v) is 5.97. The average molecular weight is 237 g/mol. The van der Waals surface area contributed by atoms with Crippen molar-refractivity contribution in [3.8, 4) is 0 Å². The average Bonchev–Trinajstić information content (AvgIpc) is 2.84. The van der Waals surface area contributed by atoms with Crippen LogP contribution in [0.5, 0.6) is 0 Å². The highest BCUT2D eigenvalue weighted by Crippen LogP contribution is 2.40. The van der Waals surface area contributed by atoms with Crippen molar-refractivity contribution in [2.45, 2.75) is 31.3 Å². The summed E-state index contributed by atoms with van der Waals surface area (Å²) >= 11 is 5.92. The fourth-order valence-corrected chi connectivity index (χ4v) is 2.63. The van der Waals surface area contributed by atoms with Crippen molar-refractivity contribution in [3.63, 3.8) is 0 Å². The SMILES string of the molecule is OC1(c2cc3cc(Cl)ccc3o2)CCCC1. The van der Waals surface area contributed by atoms with Gasteiger partial charge in [0, 0.05) is 10.4 Å². The molecule has 0 radical (unpaired) electrons. The van der Waals surface area contributed by atoms with Crippen LogP contribution in [0.3, 0.4) is 0 Å². The fraction of sp³-hybridized carbons (Fsp3) is 0.385. The number of halogens is 1. The molecule has 1 fully saturated rings. The molecule has 1 saturated carbocycles. The number of furan rings is 1. The number of rotatable bonds is 1. The minimum atomic E-state index is -0.758. The minimum absolute atomic E-state index is 0.683. The van der Waals surface area contributed by atoms with Crippen LogP contribution in [0.1, 0.15) is 31.4 Å². The molecular weight excluding hydrogens is 224 g/mol. The van der Waals surface area contributed by atoms with Gasteiger partial charge >= 0.3 is 0 Å². The number of hydrogen-bond acceptors (Lipinski definition) is 2. The molecule has 2 aromatic rings. The Morgan fingerprint density at radius 1 is 1.19 bits per heavy atom. The summed E-state index contributed by atoms with van der Waals surface area (Å²) in [5.41, 5.74) is 0.0330. The molecule has 0 aliphatic heterocycles. The summed E-state index contributed by atoms with van der Waals surface area (Å²) in [4.78, 5) is 0. The van der Waals surface area contributed by atoms with Crippen LogP contribution in [0.25, 0.3) is 11.0 Å². The molecule has 0 atom stereocenters. The van der Waals surface area contributed by atoms with Gasteiger partial charge in [0.2, 0.25) is 0 Å². The first-order chi connectivity index (χ1) is 7.67. The maximum atomic E-state index is 10.4. The lowest BCUT2D eigenvalue weighted by Gasteiger charge is -2.18. The standard InChI is InChI=1S/C13H13ClO2/c14-10-3-4-11-9(7-10)8-12(16-11)13(15)5-1-2-6-13/h3-4,7-8,15H,1-2,5-6H2. The molecule has 84 valence electrons. The van der Waals surface area contributed by atoms with Crippen molar-refractivity contribution in [2.75, 3.05) is 0 Å². The molecule has 1 aromatic heterocycles. The van der Waals surface area contributed by atoms with Crippen molar-refractivity contribution in [1.29, 1.82) is 0 Å². The lowest BCUT2D eigenvalue weighted by Crippen LogP contribution is -2.19. The van der Waals surface area contributed by atoms with Crippen molar-refractivity contribution in [1.82, 2.24) is 0 Å². The Labute approximate surface area is 98.8 Å². The fourth-order valence-electron chi connectivity index (χ4n) is 2.45. The van der Waals surface area contributed by atoms with E-state index in [2.05, 4.69) is 0 Å². The maximum absolute atomic E-state index is 10.4. The summed E-state index contributed by atoms with van der Waals surface area (Å²) < 4.78 is 5.70. The third kappa shape index (κ3) is 1.53.